The Bertz CT molecular complexity index is 791. The molecule has 1 aromatic heterocycles. The second-order valence-electron chi connectivity index (χ2n) is 6.58. The first-order valence-electron chi connectivity index (χ1n) is 7.51. The Hall–Kier alpha value is -2.31. The summed E-state index contributed by atoms with van der Waals surface area (Å²) >= 11 is 0. The summed E-state index contributed by atoms with van der Waals surface area (Å²) < 4.78 is 29.1. The summed E-state index contributed by atoms with van der Waals surface area (Å²) in [6.45, 7) is 0.501. The lowest BCUT2D eigenvalue weighted by atomic mass is 9.60. The van der Waals surface area contributed by atoms with Crippen LogP contribution in [0.3, 0.4) is 0 Å². The molecule has 2 heterocycles. The first-order valence-corrected chi connectivity index (χ1v) is 7.51. The third-order valence-electron chi connectivity index (χ3n) is 4.90. The van der Waals surface area contributed by atoms with Crippen LogP contribution >= 0.6 is 0 Å². The van der Waals surface area contributed by atoms with Crippen LogP contribution in [0.25, 0.3) is 0 Å². The van der Waals surface area contributed by atoms with Gasteiger partial charge in [-0.15, -0.1) is 10.2 Å². The third kappa shape index (κ3) is 2.22. The van der Waals surface area contributed by atoms with E-state index in [9.17, 15) is 13.6 Å². The van der Waals surface area contributed by atoms with Crippen LogP contribution in [0, 0.1) is 0 Å². The maximum Gasteiger partial charge on any atom is 0.251 e. The fourth-order valence-corrected chi connectivity index (χ4v) is 3.68. The summed E-state index contributed by atoms with van der Waals surface area (Å²) in [5.74, 6) is -2.13. The van der Waals surface area contributed by atoms with E-state index in [0.29, 0.717) is 24.4 Å². The minimum absolute atomic E-state index is 0.137. The topological polar surface area (TPSA) is 59.8 Å². The van der Waals surface area contributed by atoms with Crippen LogP contribution in [0.5, 0.6) is 0 Å². The molecule has 0 bridgehead atoms. The number of rotatable bonds is 3. The molecule has 7 heteroatoms. The van der Waals surface area contributed by atoms with Crippen molar-refractivity contribution in [2.24, 2.45) is 7.05 Å². The highest BCUT2D eigenvalue weighted by molar-refractivity contribution is 5.98. The predicted octanol–water partition coefficient (Wildman–Crippen LogP) is 1.97. The molecule has 2 aliphatic rings. The van der Waals surface area contributed by atoms with Gasteiger partial charge in [0.15, 0.2) is 0 Å². The summed E-state index contributed by atoms with van der Waals surface area (Å²) in [5, 5.41) is 10.6. The van der Waals surface area contributed by atoms with Gasteiger partial charge in [0.25, 0.3) is 5.91 Å². The average Bonchev–Trinajstić information content (AvgIpc) is 3.03. The Morgan fingerprint density at radius 1 is 1.35 bits per heavy atom. The number of nitrogens with zero attached hydrogens (tertiary/aromatic N) is 3. The van der Waals surface area contributed by atoms with E-state index < -0.39 is 11.3 Å². The number of carbonyl (C=O) groups excluding carboxylic acids is 1. The quantitative estimate of drug-likeness (QED) is 0.941. The summed E-state index contributed by atoms with van der Waals surface area (Å²) in [4.78, 5) is 11.9. The maximum atomic E-state index is 13.7. The number of alkyl halides is 2. The van der Waals surface area contributed by atoms with Gasteiger partial charge in [0.05, 0.1) is 0 Å². The molecule has 0 atom stereocenters. The van der Waals surface area contributed by atoms with Crippen molar-refractivity contribution in [2.75, 3.05) is 0 Å². The standard InChI is InChI=1S/C16H16F2N4O/c1-22-9-20-21-13(22)5-15(7-16(17,18)8-15)11-3-2-10-6-19-14(23)12(10)4-11/h2-4,9H,5-8H2,1H3,(H,19,23). The molecular weight excluding hydrogens is 302 g/mol. The number of carbonyl (C=O) groups is 1. The van der Waals surface area contributed by atoms with Crippen molar-refractivity contribution < 1.29 is 13.6 Å². The number of benzene rings is 1. The van der Waals surface area contributed by atoms with Gasteiger partial charge in [-0.25, -0.2) is 8.78 Å². The van der Waals surface area contributed by atoms with Gasteiger partial charge in [-0.05, 0) is 17.2 Å². The number of amides is 1. The molecule has 1 fully saturated rings. The molecule has 0 unspecified atom stereocenters. The van der Waals surface area contributed by atoms with E-state index in [1.165, 1.54) is 0 Å². The molecule has 1 amide bonds. The number of hydrogen-bond acceptors (Lipinski definition) is 3. The van der Waals surface area contributed by atoms with Gasteiger partial charge >= 0.3 is 0 Å². The second-order valence-corrected chi connectivity index (χ2v) is 6.58. The molecule has 23 heavy (non-hydrogen) atoms. The molecule has 0 radical (unpaired) electrons. The molecule has 1 saturated carbocycles. The highest BCUT2D eigenvalue weighted by Gasteiger charge is 2.57. The zero-order valence-corrected chi connectivity index (χ0v) is 12.6. The predicted molar refractivity (Wildman–Crippen MR) is 78.2 cm³/mol. The Morgan fingerprint density at radius 3 is 2.78 bits per heavy atom. The molecule has 0 spiro atoms. The first-order chi connectivity index (χ1) is 10.9. The number of halogens is 2. The minimum Gasteiger partial charge on any atom is -0.348 e. The van der Waals surface area contributed by atoms with E-state index in [0.717, 1.165) is 11.1 Å². The molecule has 1 aliphatic heterocycles. The minimum atomic E-state index is -2.67. The Kier molecular flexibility index (Phi) is 2.86. The molecule has 0 saturated heterocycles. The highest BCUT2D eigenvalue weighted by Crippen LogP contribution is 2.55. The van der Waals surface area contributed by atoms with E-state index >= 15 is 0 Å². The highest BCUT2D eigenvalue weighted by atomic mass is 19.3. The molecular formula is C16H16F2N4O. The van der Waals surface area contributed by atoms with Crippen molar-refractivity contribution in [2.45, 2.75) is 37.1 Å². The van der Waals surface area contributed by atoms with Crippen LogP contribution in [0.4, 0.5) is 8.78 Å². The molecule has 120 valence electrons. The zero-order valence-electron chi connectivity index (χ0n) is 12.6. The average molecular weight is 318 g/mol. The first kappa shape index (κ1) is 14.3. The summed E-state index contributed by atoms with van der Waals surface area (Å²) in [6, 6.07) is 5.49. The van der Waals surface area contributed by atoms with Gasteiger partial charge in [-0.2, -0.15) is 0 Å². The SMILES string of the molecule is Cn1cnnc1CC1(c2ccc3c(c2)C(=O)NC3)CC(F)(F)C1. The Labute approximate surface area is 131 Å². The molecule has 4 rings (SSSR count). The molecule has 2 aromatic rings. The molecule has 5 nitrogen and oxygen atoms in total. The van der Waals surface area contributed by atoms with Gasteiger partial charge in [0.2, 0.25) is 5.92 Å². The maximum absolute atomic E-state index is 13.7. The number of aromatic nitrogens is 3. The Balaban J connectivity index is 1.74. The lowest BCUT2D eigenvalue weighted by molar-refractivity contribution is -0.127. The summed E-state index contributed by atoms with van der Waals surface area (Å²) in [7, 11) is 1.80. The van der Waals surface area contributed by atoms with Gasteiger partial charge in [0.1, 0.15) is 12.2 Å². The lowest BCUT2D eigenvalue weighted by Gasteiger charge is -2.47. The monoisotopic (exact) mass is 318 g/mol. The van der Waals surface area contributed by atoms with Crippen molar-refractivity contribution in [3.05, 3.63) is 47.0 Å². The number of nitrogens with one attached hydrogen (secondary N) is 1. The largest absolute Gasteiger partial charge is 0.348 e. The third-order valence-corrected chi connectivity index (χ3v) is 4.90. The van der Waals surface area contributed by atoms with E-state index in [1.807, 2.05) is 12.1 Å². The Morgan fingerprint density at radius 2 is 2.13 bits per heavy atom. The van der Waals surface area contributed by atoms with Crippen LogP contribution in [0.1, 0.15) is 40.2 Å². The van der Waals surface area contributed by atoms with Gasteiger partial charge in [0, 0.05) is 43.8 Å². The van der Waals surface area contributed by atoms with E-state index in [4.69, 9.17) is 0 Å². The van der Waals surface area contributed by atoms with Crippen molar-refractivity contribution >= 4 is 5.91 Å². The smallest absolute Gasteiger partial charge is 0.251 e. The van der Waals surface area contributed by atoms with Gasteiger partial charge < -0.3 is 9.88 Å². The van der Waals surface area contributed by atoms with Crippen molar-refractivity contribution in [3.8, 4) is 0 Å². The molecule has 1 aromatic carbocycles. The second kappa shape index (κ2) is 4.59. The number of hydrogen-bond donors (Lipinski definition) is 1. The number of fused-ring (bicyclic) bond motifs is 1. The van der Waals surface area contributed by atoms with E-state index in [2.05, 4.69) is 15.5 Å². The van der Waals surface area contributed by atoms with Gasteiger partial charge in [-0.3, -0.25) is 4.79 Å². The lowest BCUT2D eigenvalue weighted by Crippen LogP contribution is -2.51. The van der Waals surface area contributed by atoms with Crippen LogP contribution in [-0.2, 0) is 25.4 Å². The number of aryl methyl sites for hydroxylation is 1. The fourth-order valence-electron chi connectivity index (χ4n) is 3.68. The van der Waals surface area contributed by atoms with Crippen LogP contribution < -0.4 is 5.32 Å². The van der Waals surface area contributed by atoms with E-state index in [1.54, 1.807) is 24.0 Å². The normalized spacial score (nSPS) is 20.7. The van der Waals surface area contributed by atoms with Crippen molar-refractivity contribution in [3.63, 3.8) is 0 Å². The van der Waals surface area contributed by atoms with E-state index in [-0.39, 0.29) is 18.7 Å². The van der Waals surface area contributed by atoms with Crippen molar-refractivity contribution in [1.82, 2.24) is 20.1 Å². The van der Waals surface area contributed by atoms with Gasteiger partial charge in [-0.1, -0.05) is 12.1 Å². The van der Waals surface area contributed by atoms with Crippen molar-refractivity contribution in [1.29, 1.82) is 0 Å². The van der Waals surface area contributed by atoms with Crippen LogP contribution in [0.2, 0.25) is 0 Å². The summed E-state index contributed by atoms with van der Waals surface area (Å²) in [5.41, 5.74) is 1.60. The fraction of sp³-hybridized carbons (Fsp3) is 0.438. The van der Waals surface area contributed by atoms with Crippen LogP contribution in [-0.4, -0.2) is 26.6 Å². The van der Waals surface area contributed by atoms with Crippen LogP contribution in [0.15, 0.2) is 24.5 Å². The molecule has 1 aliphatic carbocycles. The summed E-state index contributed by atoms with van der Waals surface area (Å²) in [6.07, 6.45) is 1.50. The zero-order chi connectivity index (χ0) is 16.2. The molecule has 1 N–H and O–H groups in total.